The third-order valence-electron chi connectivity index (χ3n) is 17.3. The van der Waals surface area contributed by atoms with E-state index in [9.17, 15) is 19.8 Å². The highest BCUT2D eigenvalue weighted by molar-refractivity contribution is 5.76. The first-order valence-electron chi connectivity index (χ1n) is 36.6. The third kappa shape index (κ3) is 65.5. The van der Waals surface area contributed by atoms with Crippen LogP contribution in [-0.4, -0.2) is 47.4 Å². The Morgan fingerprint density at radius 2 is 0.625 bits per heavy atom. The van der Waals surface area contributed by atoms with E-state index in [4.69, 9.17) is 4.74 Å². The van der Waals surface area contributed by atoms with Gasteiger partial charge in [0.25, 0.3) is 0 Å². The molecular weight excluding hydrogens is 983 g/mol. The van der Waals surface area contributed by atoms with Crippen LogP contribution in [0.25, 0.3) is 0 Å². The van der Waals surface area contributed by atoms with E-state index in [0.717, 1.165) is 44.9 Å². The van der Waals surface area contributed by atoms with Crippen LogP contribution in [0, 0.1) is 0 Å². The van der Waals surface area contributed by atoms with Crippen LogP contribution in [0.3, 0.4) is 0 Å². The van der Waals surface area contributed by atoms with Gasteiger partial charge in [0.15, 0.2) is 0 Å². The van der Waals surface area contributed by atoms with Gasteiger partial charge in [0.1, 0.15) is 0 Å². The van der Waals surface area contributed by atoms with Gasteiger partial charge in [0.05, 0.1) is 25.4 Å². The van der Waals surface area contributed by atoms with Gasteiger partial charge in [0, 0.05) is 12.8 Å². The zero-order valence-electron chi connectivity index (χ0n) is 54.3. The number of allylic oxidation sites excluding steroid dienone is 4. The second kappa shape index (κ2) is 69.8. The van der Waals surface area contributed by atoms with E-state index in [2.05, 4.69) is 43.5 Å². The minimum Gasteiger partial charge on any atom is -0.466 e. The molecule has 0 aliphatic carbocycles. The third-order valence-corrected chi connectivity index (χ3v) is 17.3. The molecule has 0 bridgehead atoms. The Kier molecular flexibility index (Phi) is 68.4. The van der Waals surface area contributed by atoms with Gasteiger partial charge in [-0.1, -0.05) is 366 Å². The van der Waals surface area contributed by atoms with Crippen molar-refractivity contribution in [1.82, 2.24) is 5.32 Å². The summed E-state index contributed by atoms with van der Waals surface area (Å²) in [6.07, 6.45) is 88.0. The van der Waals surface area contributed by atoms with Crippen molar-refractivity contribution in [3.05, 3.63) is 24.3 Å². The highest BCUT2D eigenvalue weighted by Gasteiger charge is 2.20. The molecule has 6 heteroatoms. The van der Waals surface area contributed by atoms with E-state index in [1.54, 1.807) is 0 Å². The highest BCUT2D eigenvalue weighted by Crippen LogP contribution is 2.19. The van der Waals surface area contributed by atoms with E-state index in [1.807, 2.05) is 0 Å². The lowest BCUT2D eigenvalue weighted by Gasteiger charge is -2.22. The number of esters is 1. The second-order valence-electron chi connectivity index (χ2n) is 25.3. The van der Waals surface area contributed by atoms with Gasteiger partial charge in [-0.25, -0.2) is 0 Å². The molecule has 2 unspecified atom stereocenters. The van der Waals surface area contributed by atoms with Crippen molar-refractivity contribution in [2.45, 2.75) is 424 Å². The van der Waals surface area contributed by atoms with Gasteiger partial charge >= 0.3 is 5.97 Å². The fourth-order valence-corrected chi connectivity index (χ4v) is 11.7. The lowest BCUT2D eigenvalue weighted by Crippen LogP contribution is -2.45. The van der Waals surface area contributed by atoms with E-state index in [-0.39, 0.29) is 18.5 Å². The number of ether oxygens (including phenoxy) is 1. The zero-order valence-corrected chi connectivity index (χ0v) is 54.3. The average Bonchev–Trinajstić information content (AvgIpc) is 3.46. The molecule has 0 fully saturated rings. The molecule has 2 atom stereocenters. The Hall–Kier alpha value is -1.66. The molecular formula is C74H143NO5. The number of rotatable bonds is 69. The quantitative estimate of drug-likeness (QED) is 0.0320. The number of nitrogens with one attached hydrogen (secondary N) is 1. The van der Waals surface area contributed by atoms with E-state index < -0.39 is 12.1 Å². The van der Waals surface area contributed by atoms with Crippen molar-refractivity contribution in [2.24, 2.45) is 0 Å². The molecule has 0 radical (unpaired) electrons. The number of hydrogen-bond acceptors (Lipinski definition) is 5. The Labute approximate surface area is 501 Å². The van der Waals surface area contributed by atoms with Crippen LogP contribution in [0.15, 0.2) is 24.3 Å². The van der Waals surface area contributed by atoms with Crippen LogP contribution >= 0.6 is 0 Å². The maximum absolute atomic E-state index is 12.6. The smallest absolute Gasteiger partial charge is 0.305 e. The molecule has 0 aromatic carbocycles. The van der Waals surface area contributed by atoms with Crippen molar-refractivity contribution in [2.75, 3.05) is 13.2 Å². The summed E-state index contributed by atoms with van der Waals surface area (Å²) in [4.78, 5) is 24.6. The Bertz CT molecular complexity index is 1250. The summed E-state index contributed by atoms with van der Waals surface area (Å²) in [7, 11) is 0. The van der Waals surface area contributed by atoms with Gasteiger partial charge < -0.3 is 20.3 Å². The molecule has 0 aromatic heterocycles. The van der Waals surface area contributed by atoms with Crippen molar-refractivity contribution in [3.8, 4) is 0 Å². The van der Waals surface area contributed by atoms with Crippen molar-refractivity contribution >= 4 is 11.9 Å². The molecule has 0 saturated carbocycles. The van der Waals surface area contributed by atoms with Gasteiger partial charge in [-0.05, 0) is 57.8 Å². The van der Waals surface area contributed by atoms with E-state index in [0.29, 0.717) is 25.9 Å². The standard InChI is InChI=1S/C74H143NO5/c1-3-5-7-9-11-13-15-17-19-20-21-22-23-27-30-33-36-39-42-46-50-54-58-62-66-72(77)71(70-76)75-73(78)67-63-59-55-51-47-43-40-37-34-31-28-25-24-26-29-32-35-38-41-45-49-53-57-61-65-69-80-74(79)68-64-60-56-52-48-44-18-16-14-12-10-8-6-4-2/h25-26,28-29,71-72,76-77H,3-24,27,30-70H2,1-2H3,(H,75,78)/b28-25-,29-26-. The second-order valence-corrected chi connectivity index (χ2v) is 25.3. The van der Waals surface area contributed by atoms with Crippen LogP contribution in [0.5, 0.6) is 0 Å². The van der Waals surface area contributed by atoms with Crippen LogP contribution in [0.4, 0.5) is 0 Å². The van der Waals surface area contributed by atoms with Crippen LogP contribution < -0.4 is 5.32 Å². The number of unbranched alkanes of at least 4 members (excludes halogenated alkanes) is 54. The molecule has 474 valence electrons. The largest absolute Gasteiger partial charge is 0.466 e. The highest BCUT2D eigenvalue weighted by atomic mass is 16.5. The molecule has 1 amide bonds. The SMILES string of the molecule is CCCCCCCCCCCCCCCCCCCCCCCCCCC(O)C(CO)NC(=O)CCCCCCCCCCC/C=C\C/C=C\CCCCCCCCCCCOC(=O)CCCCCCCCCCCCCCCC. The number of carbonyl (C=O) groups excluding carboxylic acids is 2. The summed E-state index contributed by atoms with van der Waals surface area (Å²) in [5, 5.41) is 23.4. The molecule has 80 heavy (non-hydrogen) atoms. The molecule has 0 heterocycles. The van der Waals surface area contributed by atoms with E-state index in [1.165, 1.54) is 334 Å². The first-order chi connectivity index (χ1) is 39.5. The minimum atomic E-state index is -0.670. The number of aliphatic hydroxyl groups excluding tert-OH is 2. The van der Waals surface area contributed by atoms with Gasteiger partial charge in [-0.3, -0.25) is 9.59 Å². The lowest BCUT2D eigenvalue weighted by molar-refractivity contribution is -0.143. The number of carbonyl (C=O) groups is 2. The Morgan fingerprint density at radius 1 is 0.350 bits per heavy atom. The fourth-order valence-electron chi connectivity index (χ4n) is 11.7. The van der Waals surface area contributed by atoms with Gasteiger partial charge in [0.2, 0.25) is 5.91 Å². The van der Waals surface area contributed by atoms with Crippen molar-refractivity contribution in [3.63, 3.8) is 0 Å². The normalized spacial score (nSPS) is 12.6. The first kappa shape index (κ1) is 78.3. The van der Waals surface area contributed by atoms with Crippen LogP contribution in [0.2, 0.25) is 0 Å². The summed E-state index contributed by atoms with van der Waals surface area (Å²) in [5.41, 5.74) is 0. The maximum atomic E-state index is 12.6. The summed E-state index contributed by atoms with van der Waals surface area (Å²) in [6, 6.07) is -0.547. The van der Waals surface area contributed by atoms with Crippen molar-refractivity contribution in [1.29, 1.82) is 0 Å². The molecule has 6 nitrogen and oxygen atoms in total. The molecule has 0 saturated heterocycles. The molecule has 0 aliphatic rings. The monoisotopic (exact) mass is 1130 g/mol. The minimum absolute atomic E-state index is 0.0123. The molecule has 0 rings (SSSR count). The Morgan fingerprint density at radius 3 is 0.950 bits per heavy atom. The molecule has 0 spiro atoms. The molecule has 3 N–H and O–H groups in total. The summed E-state index contributed by atoms with van der Waals surface area (Å²) >= 11 is 0. The lowest BCUT2D eigenvalue weighted by atomic mass is 10.0. The van der Waals surface area contributed by atoms with Crippen molar-refractivity contribution < 1.29 is 24.5 Å². The zero-order chi connectivity index (χ0) is 57.8. The fraction of sp³-hybridized carbons (Fsp3) is 0.919. The Balaban J connectivity index is 3.42. The van der Waals surface area contributed by atoms with E-state index >= 15 is 0 Å². The number of amides is 1. The predicted molar refractivity (Wildman–Crippen MR) is 352 cm³/mol. The maximum Gasteiger partial charge on any atom is 0.305 e. The summed E-state index contributed by atoms with van der Waals surface area (Å²) in [5.74, 6) is -0.0239. The van der Waals surface area contributed by atoms with Crippen LogP contribution in [0.1, 0.15) is 412 Å². The average molecular weight is 1130 g/mol. The predicted octanol–water partition coefficient (Wildman–Crippen LogP) is 23.7. The van der Waals surface area contributed by atoms with Gasteiger partial charge in [-0.15, -0.1) is 0 Å². The van der Waals surface area contributed by atoms with Gasteiger partial charge in [-0.2, -0.15) is 0 Å². The summed E-state index contributed by atoms with van der Waals surface area (Å²) < 4.78 is 5.49. The summed E-state index contributed by atoms with van der Waals surface area (Å²) in [6.45, 7) is 4.99. The first-order valence-corrected chi connectivity index (χ1v) is 36.6. The molecule has 0 aromatic rings. The molecule has 0 aliphatic heterocycles. The number of hydrogen-bond donors (Lipinski definition) is 3. The number of aliphatic hydroxyl groups is 2. The van der Waals surface area contributed by atoms with Crippen LogP contribution in [-0.2, 0) is 14.3 Å². The topological polar surface area (TPSA) is 95.9 Å².